The van der Waals surface area contributed by atoms with E-state index in [4.69, 9.17) is 15.9 Å². The molecule has 0 unspecified atom stereocenters. The van der Waals surface area contributed by atoms with Gasteiger partial charge in [0.25, 0.3) is 9.05 Å². The van der Waals surface area contributed by atoms with Gasteiger partial charge in [0.2, 0.25) is 0 Å². The normalized spacial score (nSPS) is 12.2. The van der Waals surface area contributed by atoms with Gasteiger partial charge in [-0.15, -0.1) is 0 Å². The molecular weight excluding hydrogens is 279 g/mol. The molecule has 3 nitrogen and oxygen atoms in total. The number of alkyl halides is 3. The number of hydrogen-bond donors (Lipinski definition) is 0. The van der Waals surface area contributed by atoms with Crippen molar-refractivity contribution >= 4 is 19.7 Å². The molecule has 17 heavy (non-hydrogen) atoms. The zero-order valence-electron chi connectivity index (χ0n) is 8.34. The largest absolute Gasteiger partial charge is 0.417 e. The zero-order chi connectivity index (χ0) is 13.4. The summed E-state index contributed by atoms with van der Waals surface area (Å²) in [6, 6.07) is 2.77. The van der Waals surface area contributed by atoms with Crippen LogP contribution in [0.1, 0.15) is 16.7 Å². The summed E-state index contributed by atoms with van der Waals surface area (Å²) in [6.07, 6.45) is -4.89. The van der Waals surface area contributed by atoms with Gasteiger partial charge in [-0.25, -0.2) is 8.42 Å². The van der Waals surface area contributed by atoms with E-state index in [0.29, 0.717) is 6.07 Å². The first-order valence-electron chi connectivity index (χ1n) is 4.14. The van der Waals surface area contributed by atoms with Gasteiger partial charge >= 0.3 is 6.18 Å². The lowest BCUT2D eigenvalue weighted by Gasteiger charge is -2.12. The molecule has 1 rings (SSSR count). The first kappa shape index (κ1) is 13.8. The smallest absolute Gasteiger partial charge is 0.207 e. The van der Waals surface area contributed by atoms with Crippen LogP contribution >= 0.6 is 10.7 Å². The number of benzene rings is 1. The zero-order valence-corrected chi connectivity index (χ0v) is 9.91. The Labute approximate surface area is 99.8 Å². The molecule has 0 aliphatic rings. The van der Waals surface area contributed by atoms with Crippen molar-refractivity contribution in [2.75, 3.05) is 0 Å². The Kier molecular flexibility index (Phi) is 3.41. The SMILES string of the molecule is Cc1cc(S(=O)(=O)Cl)c(C(F)(F)F)cc1C#N. The average molecular weight is 284 g/mol. The van der Waals surface area contributed by atoms with Crippen LogP contribution in [0.5, 0.6) is 0 Å². The van der Waals surface area contributed by atoms with Crippen molar-refractivity contribution in [3.05, 3.63) is 28.8 Å². The fourth-order valence-electron chi connectivity index (χ4n) is 1.23. The van der Waals surface area contributed by atoms with E-state index in [0.717, 1.165) is 6.07 Å². The summed E-state index contributed by atoms with van der Waals surface area (Å²) in [5.41, 5.74) is -1.57. The standard InChI is InChI=1S/C9H5ClF3NO2S/c1-5-2-8(17(10,15)16)7(9(11,12)13)3-6(5)4-14/h2-3H,1H3. The molecule has 0 N–H and O–H groups in total. The molecule has 0 bridgehead atoms. The van der Waals surface area contributed by atoms with Crippen molar-refractivity contribution in [3.8, 4) is 6.07 Å². The first-order valence-corrected chi connectivity index (χ1v) is 6.45. The minimum atomic E-state index is -4.89. The maximum absolute atomic E-state index is 12.6. The summed E-state index contributed by atoms with van der Waals surface area (Å²) in [4.78, 5) is -1.04. The molecule has 1 aromatic rings. The van der Waals surface area contributed by atoms with Gasteiger partial charge in [0.15, 0.2) is 0 Å². The lowest BCUT2D eigenvalue weighted by molar-refractivity contribution is -0.139. The summed E-state index contributed by atoms with van der Waals surface area (Å²) < 4.78 is 59.9. The van der Waals surface area contributed by atoms with Gasteiger partial charge in [-0.2, -0.15) is 18.4 Å². The van der Waals surface area contributed by atoms with Crippen molar-refractivity contribution in [1.82, 2.24) is 0 Å². The van der Waals surface area contributed by atoms with Gasteiger partial charge in [0.05, 0.1) is 22.1 Å². The number of halogens is 4. The van der Waals surface area contributed by atoms with E-state index in [9.17, 15) is 21.6 Å². The van der Waals surface area contributed by atoms with Crippen LogP contribution in [0.25, 0.3) is 0 Å². The Morgan fingerprint density at radius 3 is 2.24 bits per heavy atom. The van der Waals surface area contributed by atoms with Crippen LogP contribution < -0.4 is 0 Å². The van der Waals surface area contributed by atoms with Crippen LogP contribution in [-0.2, 0) is 15.2 Å². The molecule has 0 saturated heterocycles. The second-order valence-electron chi connectivity index (χ2n) is 3.21. The van der Waals surface area contributed by atoms with E-state index in [-0.39, 0.29) is 11.1 Å². The summed E-state index contributed by atoms with van der Waals surface area (Å²) >= 11 is 0. The van der Waals surface area contributed by atoms with Gasteiger partial charge < -0.3 is 0 Å². The average Bonchev–Trinajstić information content (AvgIpc) is 2.14. The van der Waals surface area contributed by atoms with Crippen LogP contribution in [0.15, 0.2) is 17.0 Å². The molecule has 92 valence electrons. The Morgan fingerprint density at radius 2 is 1.88 bits per heavy atom. The van der Waals surface area contributed by atoms with E-state index in [2.05, 4.69) is 0 Å². The minimum Gasteiger partial charge on any atom is -0.207 e. The summed E-state index contributed by atoms with van der Waals surface area (Å²) in [5.74, 6) is 0. The highest BCUT2D eigenvalue weighted by atomic mass is 35.7. The highest BCUT2D eigenvalue weighted by Crippen LogP contribution is 2.36. The third-order valence-electron chi connectivity index (χ3n) is 2.02. The fourth-order valence-corrected chi connectivity index (χ4v) is 2.36. The first-order chi connectivity index (χ1) is 7.57. The third-order valence-corrected chi connectivity index (χ3v) is 3.38. The monoisotopic (exact) mass is 283 g/mol. The van der Waals surface area contributed by atoms with Gasteiger partial charge in [0, 0.05) is 10.7 Å². The molecule has 0 atom stereocenters. The molecule has 1 aromatic carbocycles. The van der Waals surface area contributed by atoms with Gasteiger partial charge in [0.1, 0.15) is 0 Å². The lowest BCUT2D eigenvalue weighted by atomic mass is 10.1. The van der Waals surface area contributed by atoms with E-state index in [1.807, 2.05) is 0 Å². The van der Waals surface area contributed by atoms with Crippen LogP contribution in [-0.4, -0.2) is 8.42 Å². The Morgan fingerprint density at radius 1 is 1.35 bits per heavy atom. The highest BCUT2D eigenvalue weighted by molar-refractivity contribution is 8.13. The fraction of sp³-hybridized carbons (Fsp3) is 0.222. The molecular formula is C9H5ClF3NO2S. The predicted octanol–water partition coefficient (Wildman–Crippen LogP) is 2.81. The van der Waals surface area contributed by atoms with Crippen molar-refractivity contribution in [3.63, 3.8) is 0 Å². The molecule has 0 saturated carbocycles. The van der Waals surface area contributed by atoms with Crippen molar-refractivity contribution in [2.45, 2.75) is 18.0 Å². The lowest BCUT2D eigenvalue weighted by Crippen LogP contribution is -2.12. The molecule has 0 amide bonds. The van der Waals surface area contributed by atoms with Gasteiger partial charge in [-0.05, 0) is 24.6 Å². The number of hydrogen-bond acceptors (Lipinski definition) is 3. The second-order valence-corrected chi connectivity index (χ2v) is 5.75. The van der Waals surface area contributed by atoms with Gasteiger partial charge in [-0.3, -0.25) is 0 Å². The maximum Gasteiger partial charge on any atom is 0.417 e. The molecule has 0 heterocycles. The van der Waals surface area contributed by atoms with E-state index in [1.54, 1.807) is 6.07 Å². The van der Waals surface area contributed by atoms with E-state index >= 15 is 0 Å². The molecule has 8 heteroatoms. The number of nitriles is 1. The van der Waals surface area contributed by atoms with Gasteiger partial charge in [-0.1, -0.05) is 0 Å². The molecule has 0 radical (unpaired) electrons. The molecule has 0 aliphatic heterocycles. The second kappa shape index (κ2) is 4.20. The Bertz CT molecular complexity index is 602. The topological polar surface area (TPSA) is 57.9 Å². The summed E-state index contributed by atoms with van der Waals surface area (Å²) in [5, 5.41) is 8.60. The van der Waals surface area contributed by atoms with Crippen LogP contribution in [0.4, 0.5) is 13.2 Å². The number of aryl methyl sites for hydroxylation is 1. The van der Waals surface area contributed by atoms with Crippen molar-refractivity contribution in [2.24, 2.45) is 0 Å². The summed E-state index contributed by atoms with van der Waals surface area (Å²) in [7, 11) is 0.405. The molecule has 0 fully saturated rings. The molecule has 0 aliphatic carbocycles. The Balaban J connectivity index is 3.73. The molecule has 0 spiro atoms. The van der Waals surface area contributed by atoms with Crippen molar-refractivity contribution in [1.29, 1.82) is 5.26 Å². The van der Waals surface area contributed by atoms with E-state index in [1.165, 1.54) is 6.92 Å². The third kappa shape index (κ3) is 2.90. The maximum atomic E-state index is 12.6. The number of nitrogens with zero attached hydrogens (tertiary/aromatic N) is 1. The van der Waals surface area contributed by atoms with E-state index < -0.39 is 25.7 Å². The minimum absolute atomic E-state index is 0.111. The van der Waals surface area contributed by atoms with Crippen LogP contribution in [0.2, 0.25) is 0 Å². The van der Waals surface area contributed by atoms with Crippen LogP contribution in [0, 0.1) is 18.3 Å². The quantitative estimate of drug-likeness (QED) is 0.745. The highest BCUT2D eigenvalue weighted by Gasteiger charge is 2.37. The van der Waals surface area contributed by atoms with Crippen molar-refractivity contribution < 1.29 is 21.6 Å². The number of rotatable bonds is 1. The summed E-state index contributed by atoms with van der Waals surface area (Å²) in [6.45, 7) is 1.32. The Hall–Kier alpha value is -1.26. The predicted molar refractivity (Wildman–Crippen MR) is 53.9 cm³/mol. The van der Waals surface area contributed by atoms with Crippen LogP contribution in [0.3, 0.4) is 0 Å². The molecule has 0 aromatic heterocycles.